The number of rotatable bonds is 6. The Hall–Kier alpha value is -0.120. The summed E-state index contributed by atoms with van der Waals surface area (Å²) in [5.74, 6) is 1.77. The van der Waals surface area contributed by atoms with E-state index in [1.165, 1.54) is 77.8 Å². The lowest BCUT2D eigenvalue weighted by atomic mass is 9.94. The van der Waals surface area contributed by atoms with Crippen molar-refractivity contribution < 1.29 is 0 Å². The molecule has 3 aliphatic rings. The topological polar surface area (TPSA) is 18.5 Å². The summed E-state index contributed by atoms with van der Waals surface area (Å²) in [5.41, 5.74) is 0. The molecule has 3 nitrogen and oxygen atoms in total. The van der Waals surface area contributed by atoms with Gasteiger partial charge in [-0.25, -0.2) is 0 Å². The van der Waals surface area contributed by atoms with Gasteiger partial charge < -0.3 is 10.2 Å². The second-order valence-electron chi connectivity index (χ2n) is 8.05. The fraction of sp³-hybridized carbons (Fsp3) is 1.00. The van der Waals surface area contributed by atoms with Crippen molar-refractivity contribution in [3.05, 3.63) is 0 Å². The zero-order valence-corrected chi connectivity index (χ0v) is 14.2. The van der Waals surface area contributed by atoms with Gasteiger partial charge in [-0.05, 0) is 76.5 Å². The Morgan fingerprint density at radius 1 is 0.952 bits per heavy atom. The first-order valence-corrected chi connectivity index (χ1v) is 9.41. The lowest BCUT2D eigenvalue weighted by molar-refractivity contribution is 0.0784. The summed E-state index contributed by atoms with van der Waals surface area (Å²) in [4.78, 5) is 5.62. The average molecular weight is 293 g/mol. The smallest absolute Gasteiger partial charge is 0.0123 e. The Kier molecular flexibility index (Phi) is 5.58. The zero-order valence-electron chi connectivity index (χ0n) is 14.2. The molecule has 0 spiro atoms. The molecule has 2 saturated heterocycles. The molecule has 1 saturated carbocycles. The van der Waals surface area contributed by atoms with Crippen LogP contribution in [0, 0.1) is 11.8 Å². The van der Waals surface area contributed by atoms with E-state index in [-0.39, 0.29) is 0 Å². The van der Waals surface area contributed by atoms with E-state index in [2.05, 4.69) is 29.0 Å². The maximum absolute atomic E-state index is 3.51. The van der Waals surface area contributed by atoms with Gasteiger partial charge in [0.15, 0.2) is 0 Å². The summed E-state index contributed by atoms with van der Waals surface area (Å²) in [7, 11) is 0. The van der Waals surface area contributed by atoms with Gasteiger partial charge >= 0.3 is 0 Å². The van der Waals surface area contributed by atoms with Crippen molar-refractivity contribution in [2.45, 2.75) is 64.5 Å². The van der Waals surface area contributed by atoms with Crippen LogP contribution in [-0.2, 0) is 0 Å². The molecule has 0 bridgehead atoms. The molecule has 1 N–H and O–H groups in total. The molecule has 21 heavy (non-hydrogen) atoms. The van der Waals surface area contributed by atoms with Crippen molar-refractivity contribution in [2.75, 3.05) is 39.3 Å². The first-order valence-electron chi connectivity index (χ1n) is 9.41. The number of hydrogen-bond donors (Lipinski definition) is 1. The molecule has 0 aromatic carbocycles. The first-order chi connectivity index (χ1) is 10.2. The van der Waals surface area contributed by atoms with E-state index < -0.39 is 0 Å². The molecule has 122 valence electrons. The number of likely N-dealkylation sites (tertiary alicyclic amines) is 1. The molecule has 0 amide bonds. The van der Waals surface area contributed by atoms with Crippen molar-refractivity contribution in [3.63, 3.8) is 0 Å². The predicted molar refractivity (Wildman–Crippen MR) is 89.6 cm³/mol. The van der Waals surface area contributed by atoms with Crippen molar-refractivity contribution in [2.24, 2.45) is 11.8 Å². The van der Waals surface area contributed by atoms with Crippen LogP contribution in [0.15, 0.2) is 0 Å². The van der Waals surface area contributed by atoms with Crippen LogP contribution in [0.5, 0.6) is 0 Å². The van der Waals surface area contributed by atoms with Gasteiger partial charge in [0.25, 0.3) is 0 Å². The molecule has 0 atom stereocenters. The second kappa shape index (κ2) is 7.43. The summed E-state index contributed by atoms with van der Waals surface area (Å²) in [6, 6.07) is 1.83. The van der Waals surface area contributed by atoms with Crippen molar-refractivity contribution in [3.8, 4) is 0 Å². The van der Waals surface area contributed by atoms with E-state index in [4.69, 9.17) is 0 Å². The van der Waals surface area contributed by atoms with Crippen LogP contribution in [-0.4, -0.2) is 61.2 Å². The van der Waals surface area contributed by atoms with Crippen molar-refractivity contribution >= 4 is 0 Å². The quantitative estimate of drug-likeness (QED) is 0.812. The molecule has 0 aromatic rings. The molecule has 0 aromatic heterocycles. The Morgan fingerprint density at radius 2 is 1.57 bits per heavy atom. The Bertz CT molecular complexity index is 300. The van der Waals surface area contributed by atoms with Crippen LogP contribution in [0.2, 0.25) is 0 Å². The van der Waals surface area contributed by atoms with Crippen LogP contribution >= 0.6 is 0 Å². The van der Waals surface area contributed by atoms with E-state index in [1.807, 2.05) is 0 Å². The lowest BCUT2D eigenvalue weighted by Crippen LogP contribution is -2.48. The Labute approximate surface area is 131 Å². The number of nitrogens with zero attached hydrogens (tertiary/aromatic N) is 2. The highest BCUT2D eigenvalue weighted by Crippen LogP contribution is 2.33. The molecule has 1 aliphatic carbocycles. The normalized spacial score (nSPS) is 26.9. The molecular weight excluding hydrogens is 258 g/mol. The average Bonchev–Trinajstić information content (AvgIpc) is 3.31. The maximum Gasteiger partial charge on any atom is 0.0123 e. The minimum Gasteiger partial charge on any atom is -0.317 e. The molecule has 3 rings (SSSR count). The summed E-state index contributed by atoms with van der Waals surface area (Å²) in [5, 5.41) is 3.51. The number of nitrogens with one attached hydrogen (secondary N) is 1. The van der Waals surface area contributed by atoms with E-state index in [1.54, 1.807) is 0 Å². The van der Waals surface area contributed by atoms with E-state index in [9.17, 15) is 0 Å². The van der Waals surface area contributed by atoms with Gasteiger partial charge in [0.05, 0.1) is 0 Å². The summed E-state index contributed by atoms with van der Waals surface area (Å²) in [6.45, 7) is 12.5. The fourth-order valence-corrected chi connectivity index (χ4v) is 4.31. The molecule has 0 radical (unpaired) electrons. The van der Waals surface area contributed by atoms with Crippen LogP contribution in [0.25, 0.3) is 0 Å². The van der Waals surface area contributed by atoms with E-state index >= 15 is 0 Å². The summed E-state index contributed by atoms with van der Waals surface area (Å²) in [6.07, 6.45) is 8.56. The zero-order chi connectivity index (χ0) is 14.7. The van der Waals surface area contributed by atoms with Gasteiger partial charge in [0.2, 0.25) is 0 Å². The van der Waals surface area contributed by atoms with Crippen LogP contribution in [0.4, 0.5) is 0 Å². The lowest BCUT2D eigenvalue weighted by Gasteiger charge is -2.41. The molecule has 2 aliphatic heterocycles. The van der Waals surface area contributed by atoms with Crippen molar-refractivity contribution in [1.82, 2.24) is 15.1 Å². The summed E-state index contributed by atoms with van der Waals surface area (Å²) < 4.78 is 0. The number of hydrogen-bond acceptors (Lipinski definition) is 3. The monoisotopic (exact) mass is 293 g/mol. The third-order valence-electron chi connectivity index (χ3n) is 5.59. The second-order valence-corrected chi connectivity index (χ2v) is 8.05. The van der Waals surface area contributed by atoms with Crippen LogP contribution < -0.4 is 5.32 Å². The minimum atomic E-state index is 0.816. The van der Waals surface area contributed by atoms with Gasteiger partial charge in [-0.3, -0.25) is 4.90 Å². The first kappa shape index (κ1) is 15.8. The molecular formula is C18H35N3. The van der Waals surface area contributed by atoms with Crippen LogP contribution in [0.3, 0.4) is 0 Å². The van der Waals surface area contributed by atoms with Gasteiger partial charge in [-0.2, -0.15) is 0 Å². The minimum absolute atomic E-state index is 0.816. The summed E-state index contributed by atoms with van der Waals surface area (Å²) >= 11 is 0. The van der Waals surface area contributed by atoms with E-state index in [0.29, 0.717) is 0 Å². The van der Waals surface area contributed by atoms with Gasteiger partial charge in [0.1, 0.15) is 0 Å². The highest BCUT2D eigenvalue weighted by Gasteiger charge is 2.36. The maximum atomic E-state index is 3.51. The third kappa shape index (κ3) is 4.67. The SMILES string of the molecule is CC(C)CN1CCC(N(CC2CCNCC2)C2CC2)CC1. The van der Waals surface area contributed by atoms with Gasteiger partial charge in [0, 0.05) is 25.2 Å². The fourth-order valence-electron chi connectivity index (χ4n) is 4.31. The molecule has 3 fully saturated rings. The highest BCUT2D eigenvalue weighted by atomic mass is 15.2. The largest absolute Gasteiger partial charge is 0.317 e. The van der Waals surface area contributed by atoms with E-state index in [0.717, 1.165) is 23.9 Å². The number of piperidine rings is 2. The Balaban J connectivity index is 1.48. The van der Waals surface area contributed by atoms with Crippen molar-refractivity contribution in [1.29, 1.82) is 0 Å². The third-order valence-corrected chi connectivity index (χ3v) is 5.59. The Morgan fingerprint density at radius 3 is 2.14 bits per heavy atom. The highest BCUT2D eigenvalue weighted by molar-refractivity contribution is 4.92. The van der Waals surface area contributed by atoms with Gasteiger partial charge in [-0.1, -0.05) is 13.8 Å². The van der Waals surface area contributed by atoms with Crippen LogP contribution in [0.1, 0.15) is 52.4 Å². The van der Waals surface area contributed by atoms with Gasteiger partial charge in [-0.15, -0.1) is 0 Å². The molecule has 2 heterocycles. The molecule has 0 unspecified atom stereocenters. The predicted octanol–water partition coefficient (Wildman–Crippen LogP) is 2.57. The molecule has 3 heteroatoms. The standard InChI is InChI=1S/C18H35N3/c1-15(2)13-20-11-7-18(8-12-20)21(17-3-4-17)14-16-5-9-19-10-6-16/h15-19H,3-14H2,1-2H3.